The Labute approximate surface area is 151 Å². The summed E-state index contributed by atoms with van der Waals surface area (Å²) in [5.41, 5.74) is 0. The van der Waals surface area contributed by atoms with Gasteiger partial charge in [0.05, 0.1) is 6.54 Å². The average molecular weight is 345 g/mol. The van der Waals surface area contributed by atoms with E-state index in [0.717, 1.165) is 70.2 Å². The van der Waals surface area contributed by atoms with Gasteiger partial charge in [-0.3, -0.25) is 9.89 Å². The third-order valence-electron chi connectivity index (χ3n) is 5.01. The number of likely N-dealkylation sites (N-methyl/N-ethyl adjacent to an activating group) is 1. The summed E-state index contributed by atoms with van der Waals surface area (Å²) in [4.78, 5) is 16.7. The van der Waals surface area contributed by atoms with Gasteiger partial charge in [0.25, 0.3) is 0 Å². The molecule has 0 amide bonds. The van der Waals surface area contributed by atoms with Gasteiger partial charge in [0, 0.05) is 51.5 Å². The molecule has 1 aliphatic heterocycles. The molecule has 25 heavy (non-hydrogen) atoms. The van der Waals surface area contributed by atoms with Crippen LogP contribution in [0.2, 0.25) is 0 Å². The topological polar surface area (TPSA) is 47.0 Å². The highest BCUT2D eigenvalue weighted by Gasteiger charge is 2.27. The molecule has 0 unspecified atom stereocenters. The first-order chi connectivity index (χ1) is 12.3. The minimum absolute atomic E-state index is 0.824. The Balaban J connectivity index is 1.51. The van der Waals surface area contributed by atoms with E-state index in [4.69, 9.17) is 4.99 Å². The van der Waals surface area contributed by atoms with Crippen molar-refractivity contribution in [1.82, 2.24) is 20.1 Å². The van der Waals surface area contributed by atoms with Crippen molar-refractivity contribution in [3.63, 3.8) is 0 Å². The summed E-state index contributed by atoms with van der Waals surface area (Å²) in [5, 5.41) is 3.47. The largest absolute Gasteiger partial charge is 0.357 e. The summed E-state index contributed by atoms with van der Waals surface area (Å²) in [7, 11) is 0. The molecule has 138 valence electrons. The fourth-order valence-electron chi connectivity index (χ4n) is 3.44. The molecule has 1 aromatic heterocycles. The molecule has 0 aromatic carbocycles. The van der Waals surface area contributed by atoms with E-state index in [9.17, 15) is 0 Å². The van der Waals surface area contributed by atoms with Crippen molar-refractivity contribution in [2.45, 2.75) is 32.7 Å². The van der Waals surface area contributed by atoms with Crippen molar-refractivity contribution in [1.29, 1.82) is 0 Å². The smallest absolute Gasteiger partial charge is 0.194 e. The van der Waals surface area contributed by atoms with E-state index in [1.54, 1.807) is 0 Å². The minimum atomic E-state index is 0.824. The Bertz CT molecular complexity index is 534. The number of anilines is 1. The predicted molar refractivity (Wildman–Crippen MR) is 104 cm³/mol. The highest BCUT2D eigenvalue weighted by molar-refractivity contribution is 5.80. The molecule has 0 spiro atoms. The van der Waals surface area contributed by atoms with Crippen LogP contribution in [0.15, 0.2) is 29.4 Å². The van der Waals surface area contributed by atoms with E-state index in [0.29, 0.717) is 0 Å². The zero-order chi connectivity index (χ0) is 17.5. The maximum Gasteiger partial charge on any atom is 0.194 e. The lowest BCUT2D eigenvalue weighted by Gasteiger charge is -2.37. The number of rotatable bonds is 7. The van der Waals surface area contributed by atoms with Gasteiger partial charge >= 0.3 is 0 Å². The van der Waals surface area contributed by atoms with Crippen LogP contribution in [-0.2, 0) is 0 Å². The molecule has 1 saturated carbocycles. The van der Waals surface area contributed by atoms with Crippen LogP contribution in [0.4, 0.5) is 5.82 Å². The quantitative estimate of drug-likeness (QED) is 0.602. The van der Waals surface area contributed by atoms with E-state index in [1.165, 1.54) is 12.8 Å². The van der Waals surface area contributed by atoms with E-state index in [2.05, 4.69) is 51.0 Å². The summed E-state index contributed by atoms with van der Waals surface area (Å²) >= 11 is 0. The highest BCUT2D eigenvalue weighted by Crippen LogP contribution is 2.25. The number of nitrogens with one attached hydrogen (secondary N) is 1. The van der Waals surface area contributed by atoms with Crippen LogP contribution >= 0.6 is 0 Å². The maximum absolute atomic E-state index is 4.89. The lowest BCUT2D eigenvalue weighted by molar-refractivity contribution is 0.285. The number of pyridine rings is 1. The second-order valence-electron chi connectivity index (χ2n) is 6.76. The molecular formula is C19H32N6. The number of aliphatic imine (C=N–C) groups is 1. The Kier molecular flexibility index (Phi) is 6.50. The predicted octanol–water partition coefficient (Wildman–Crippen LogP) is 1.65. The molecule has 2 aliphatic rings. The zero-order valence-electron chi connectivity index (χ0n) is 15.7. The van der Waals surface area contributed by atoms with E-state index in [1.807, 2.05) is 12.3 Å². The van der Waals surface area contributed by atoms with Gasteiger partial charge in [0.1, 0.15) is 5.82 Å². The van der Waals surface area contributed by atoms with Crippen molar-refractivity contribution in [3.8, 4) is 0 Å². The van der Waals surface area contributed by atoms with Gasteiger partial charge in [0.15, 0.2) is 5.96 Å². The molecule has 2 fully saturated rings. The van der Waals surface area contributed by atoms with Gasteiger partial charge in [-0.2, -0.15) is 0 Å². The number of piperazine rings is 1. The van der Waals surface area contributed by atoms with Gasteiger partial charge < -0.3 is 15.1 Å². The van der Waals surface area contributed by atoms with Gasteiger partial charge in [-0.1, -0.05) is 13.0 Å². The van der Waals surface area contributed by atoms with Gasteiger partial charge in [-0.05, 0) is 38.4 Å². The molecular weight excluding hydrogens is 312 g/mol. The molecule has 0 atom stereocenters. The Hall–Kier alpha value is -1.82. The summed E-state index contributed by atoms with van der Waals surface area (Å²) in [6.07, 6.45) is 4.60. The van der Waals surface area contributed by atoms with Crippen molar-refractivity contribution in [2.75, 3.05) is 57.3 Å². The fourth-order valence-corrected chi connectivity index (χ4v) is 3.44. The Morgan fingerprint density at radius 1 is 1.24 bits per heavy atom. The fraction of sp³-hybridized carbons (Fsp3) is 0.684. The first kappa shape index (κ1) is 18.0. The van der Waals surface area contributed by atoms with E-state index in [-0.39, 0.29) is 0 Å². The summed E-state index contributed by atoms with van der Waals surface area (Å²) < 4.78 is 0. The second-order valence-corrected chi connectivity index (χ2v) is 6.76. The molecule has 0 radical (unpaired) electrons. The molecule has 1 aromatic rings. The Morgan fingerprint density at radius 3 is 2.64 bits per heavy atom. The van der Waals surface area contributed by atoms with E-state index >= 15 is 0 Å². The lowest BCUT2D eigenvalue weighted by Crippen LogP contribution is -2.52. The van der Waals surface area contributed by atoms with Crippen LogP contribution in [0, 0.1) is 0 Å². The molecule has 1 N–H and O–H groups in total. The maximum atomic E-state index is 4.89. The molecule has 1 saturated heterocycles. The molecule has 6 heteroatoms. The lowest BCUT2D eigenvalue weighted by atomic mass is 10.3. The average Bonchev–Trinajstić information content (AvgIpc) is 3.50. The SMILES string of the molecule is CCNC(=NCCN(CC)C1CC1)N1CCN(c2ccccn2)CC1. The van der Waals surface area contributed by atoms with Crippen LogP contribution in [0.25, 0.3) is 0 Å². The minimum Gasteiger partial charge on any atom is -0.357 e. The molecule has 6 nitrogen and oxygen atoms in total. The summed E-state index contributed by atoms with van der Waals surface area (Å²) in [5.74, 6) is 2.14. The summed E-state index contributed by atoms with van der Waals surface area (Å²) in [6.45, 7) is 12.4. The number of guanidine groups is 1. The van der Waals surface area contributed by atoms with Crippen LogP contribution < -0.4 is 10.2 Å². The molecule has 3 rings (SSSR count). The first-order valence-electron chi connectivity index (χ1n) is 9.75. The van der Waals surface area contributed by atoms with Crippen LogP contribution in [0.5, 0.6) is 0 Å². The number of aromatic nitrogens is 1. The van der Waals surface area contributed by atoms with Gasteiger partial charge in [-0.25, -0.2) is 4.98 Å². The molecule has 1 aliphatic carbocycles. The number of nitrogens with zero attached hydrogens (tertiary/aromatic N) is 5. The first-order valence-corrected chi connectivity index (χ1v) is 9.75. The van der Waals surface area contributed by atoms with Crippen LogP contribution in [0.1, 0.15) is 26.7 Å². The van der Waals surface area contributed by atoms with Crippen molar-refractivity contribution >= 4 is 11.8 Å². The van der Waals surface area contributed by atoms with Crippen molar-refractivity contribution in [2.24, 2.45) is 4.99 Å². The van der Waals surface area contributed by atoms with Crippen LogP contribution in [0.3, 0.4) is 0 Å². The third-order valence-corrected chi connectivity index (χ3v) is 5.01. The van der Waals surface area contributed by atoms with Crippen LogP contribution in [-0.4, -0.2) is 79.1 Å². The van der Waals surface area contributed by atoms with Gasteiger partial charge in [-0.15, -0.1) is 0 Å². The monoisotopic (exact) mass is 344 g/mol. The van der Waals surface area contributed by atoms with Gasteiger partial charge in [0.2, 0.25) is 0 Å². The van der Waals surface area contributed by atoms with Crippen molar-refractivity contribution in [3.05, 3.63) is 24.4 Å². The normalized spacial score (nSPS) is 18.8. The number of hydrogen-bond donors (Lipinski definition) is 1. The Morgan fingerprint density at radius 2 is 2.04 bits per heavy atom. The number of hydrogen-bond acceptors (Lipinski definition) is 4. The van der Waals surface area contributed by atoms with E-state index < -0.39 is 0 Å². The standard InChI is InChI=1S/C19H32N6/c1-3-20-19(22-11-12-23(4-2)17-8-9-17)25-15-13-24(14-16-25)18-7-5-6-10-21-18/h5-7,10,17H,3-4,8-9,11-16H2,1-2H3,(H,20,22). The zero-order valence-corrected chi connectivity index (χ0v) is 15.7. The third kappa shape index (κ3) is 5.08. The summed E-state index contributed by atoms with van der Waals surface area (Å²) in [6, 6.07) is 6.94. The van der Waals surface area contributed by atoms with Crippen molar-refractivity contribution < 1.29 is 0 Å². The highest BCUT2D eigenvalue weighted by atomic mass is 15.4. The molecule has 2 heterocycles. The second kappa shape index (κ2) is 9.04. The molecule has 0 bridgehead atoms.